The van der Waals surface area contributed by atoms with Gasteiger partial charge in [0.2, 0.25) is 5.90 Å². The second-order valence-corrected chi connectivity index (χ2v) is 9.24. The molecule has 4 rings (SSSR count). The van der Waals surface area contributed by atoms with Crippen LogP contribution < -0.4 is 5.73 Å². The van der Waals surface area contributed by atoms with Crippen LogP contribution in [0, 0.1) is 5.82 Å². The summed E-state index contributed by atoms with van der Waals surface area (Å²) in [7, 11) is 1.50. The highest BCUT2D eigenvalue weighted by Crippen LogP contribution is 2.23. The van der Waals surface area contributed by atoms with Crippen molar-refractivity contribution in [1.29, 1.82) is 0 Å². The van der Waals surface area contributed by atoms with Crippen LogP contribution in [0.4, 0.5) is 4.39 Å². The van der Waals surface area contributed by atoms with Crippen LogP contribution in [0.3, 0.4) is 0 Å². The van der Waals surface area contributed by atoms with Crippen molar-refractivity contribution in [2.75, 3.05) is 31.6 Å². The number of carbonyl (C=O) groups excluding carboxylic acids is 1. The van der Waals surface area contributed by atoms with Crippen molar-refractivity contribution >= 4 is 31.2 Å². The Morgan fingerprint density at radius 3 is 2.24 bits per heavy atom. The average Bonchev–Trinajstić information content (AvgIpc) is 2.96. The Kier molecular flexibility index (Phi) is 13.9. The number of thioether (sulfide) groups is 1. The maximum atomic E-state index is 13.1. The van der Waals surface area contributed by atoms with Gasteiger partial charge < -0.3 is 15.4 Å². The third kappa shape index (κ3) is 10.3. The van der Waals surface area contributed by atoms with E-state index in [9.17, 15) is 4.39 Å². The molecule has 0 aromatic heterocycles. The van der Waals surface area contributed by atoms with E-state index in [1.165, 1.54) is 60.5 Å². The molecular weight excluding hydrogens is 487 g/mol. The van der Waals surface area contributed by atoms with Crippen LogP contribution in [0.25, 0.3) is 11.1 Å². The monoisotopic (exact) mass is 522 g/mol. The van der Waals surface area contributed by atoms with Crippen molar-refractivity contribution in [3.05, 3.63) is 95.3 Å². The van der Waals surface area contributed by atoms with E-state index in [4.69, 9.17) is 9.63 Å². The van der Waals surface area contributed by atoms with Gasteiger partial charge in [-0.25, -0.2) is 9.38 Å². The lowest BCUT2D eigenvalue weighted by Gasteiger charge is -2.26. The molecule has 0 spiro atoms. The second-order valence-electron chi connectivity index (χ2n) is 8.02. The molecule has 1 heterocycles. The van der Waals surface area contributed by atoms with E-state index in [0.717, 1.165) is 17.7 Å². The molecule has 8 heteroatoms. The summed E-state index contributed by atoms with van der Waals surface area (Å²) in [5.41, 5.74) is 10.2. The minimum atomic E-state index is -0.267. The zero-order chi connectivity index (χ0) is 26.9. The van der Waals surface area contributed by atoms with E-state index in [1.54, 1.807) is 12.1 Å². The van der Waals surface area contributed by atoms with Gasteiger partial charge >= 0.3 is 0 Å². The van der Waals surface area contributed by atoms with E-state index in [0.29, 0.717) is 18.9 Å². The molecule has 1 aliphatic rings. The van der Waals surface area contributed by atoms with Crippen molar-refractivity contribution in [2.45, 2.75) is 19.5 Å². The van der Waals surface area contributed by atoms with E-state index >= 15 is 0 Å². The van der Waals surface area contributed by atoms with E-state index < -0.39 is 0 Å². The second kappa shape index (κ2) is 17.2. The minimum absolute atomic E-state index is 0.267. The van der Waals surface area contributed by atoms with Crippen molar-refractivity contribution in [2.24, 2.45) is 15.9 Å². The number of carbonyl (C=O) groups is 1. The molecule has 0 radical (unpaired) electrons. The summed E-state index contributed by atoms with van der Waals surface area (Å²) in [6.07, 6.45) is 0.430. The maximum absolute atomic E-state index is 13.1. The summed E-state index contributed by atoms with van der Waals surface area (Å²) in [5, 5.41) is 3.51. The molecule has 0 amide bonds. The zero-order valence-electron chi connectivity index (χ0n) is 21.3. The van der Waals surface area contributed by atoms with Crippen molar-refractivity contribution in [3.8, 4) is 11.1 Å². The summed E-state index contributed by atoms with van der Waals surface area (Å²) in [6, 6.07) is 23.5. The lowest BCUT2D eigenvalue weighted by atomic mass is 10.0. The van der Waals surface area contributed by atoms with Gasteiger partial charge in [-0.3, -0.25) is 4.90 Å². The molecular formula is C29H35FN4O2S. The summed E-state index contributed by atoms with van der Waals surface area (Å²) < 4.78 is 13.1. The third-order valence-corrected chi connectivity index (χ3v) is 6.54. The molecule has 1 saturated heterocycles. The van der Waals surface area contributed by atoms with Crippen LogP contribution in [0.5, 0.6) is 0 Å². The SMILES string of the molecule is C=NOC(Cc1ccc(F)cc1)=NCc1ccc(-c2cccc(CN3CCSCC3)c2)cc1.C=O.CN. The molecule has 37 heavy (non-hydrogen) atoms. The first-order valence-corrected chi connectivity index (χ1v) is 13.1. The van der Waals surface area contributed by atoms with Crippen molar-refractivity contribution in [1.82, 2.24) is 4.90 Å². The number of hydrogen-bond donors (Lipinski definition) is 1. The Hall–Kier alpha value is -3.33. The molecule has 0 atom stereocenters. The lowest BCUT2D eigenvalue weighted by Crippen LogP contribution is -2.31. The Morgan fingerprint density at radius 2 is 1.59 bits per heavy atom. The Labute approximate surface area is 223 Å². The number of nitrogens with two attached hydrogens (primary N) is 1. The van der Waals surface area contributed by atoms with Crippen LogP contribution in [0.2, 0.25) is 0 Å². The van der Waals surface area contributed by atoms with Crippen molar-refractivity contribution < 1.29 is 14.0 Å². The number of rotatable bonds is 8. The average molecular weight is 523 g/mol. The van der Waals surface area contributed by atoms with Gasteiger partial charge in [0.05, 0.1) is 13.0 Å². The molecule has 1 fully saturated rings. The predicted octanol–water partition coefficient (Wildman–Crippen LogP) is 5.20. The molecule has 1 aliphatic heterocycles. The summed E-state index contributed by atoms with van der Waals surface area (Å²) in [4.78, 5) is 20.3. The number of hydrogen-bond acceptors (Lipinski definition) is 7. The lowest BCUT2D eigenvalue weighted by molar-refractivity contribution is -0.0980. The molecule has 6 nitrogen and oxygen atoms in total. The topological polar surface area (TPSA) is 80.3 Å². The highest BCUT2D eigenvalue weighted by Gasteiger charge is 2.11. The van der Waals surface area contributed by atoms with Gasteiger partial charge in [-0.2, -0.15) is 11.8 Å². The standard InChI is InChI=1S/C27H28FN3OS.CH5N.CH2O/c1-29-32-27(18-21-7-11-26(28)12-8-21)30-19-22-5-9-24(10-6-22)25-4-2-3-23(17-25)20-31-13-15-33-16-14-31;2*1-2/h2-12,17H,1,13-16,18-20H2;2H2,1H3;1H2. The number of nitrogens with zero attached hydrogens (tertiary/aromatic N) is 3. The third-order valence-electron chi connectivity index (χ3n) is 5.60. The maximum Gasteiger partial charge on any atom is 0.224 e. The van der Waals surface area contributed by atoms with E-state index in [-0.39, 0.29) is 5.82 Å². The molecule has 3 aromatic carbocycles. The molecule has 196 valence electrons. The van der Waals surface area contributed by atoms with Crippen LogP contribution in [0.1, 0.15) is 16.7 Å². The van der Waals surface area contributed by atoms with Gasteiger partial charge in [-0.1, -0.05) is 59.8 Å². The first-order valence-electron chi connectivity index (χ1n) is 12.0. The Bertz CT molecular complexity index is 1100. The smallest absolute Gasteiger partial charge is 0.224 e. The number of oxime groups is 1. The van der Waals surface area contributed by atoms with Gasteiger partial charge in [0, 0.05) is 37.9 Å². The highest BCUT2D eigenvalue weighted by molar-refractivity contribution is 7.99. The van der Waals surface area contributed by atoms with Gasteiger partial charge in [0.15, 0.2) is 0 Å². The number of benzene rings is 3. The van der Waals surface area contributed by atoms with Crippen LogP contribution >= 0.6 is 11.8 Å². The molecule has 3 aromatic rings. The fraction of sp³-hybridized carbons (Fsp3) is 0.276. The van der Waals surface area contributed by atoms with E-state index in [2.05, 4.69) is 76.0 Å². The van der Waals surface area contributed by atoms with Crippen LogP contribution in [-0.4, -0.2) is 55.9 Å². The Balaban J connectivity index is 0.00000115. The van der Waals surface area contributed by atoms with Crippen molar-refractivity contribution in [3.63, 3.8) is 0 Å². The molecule has 0 aliphatic carbocycles. The molecule has 0 saturated carbocycles. The number of halogens is 1. The highest BCUT2D eigenvalue weighted by atomic mass is 32.2. The Morgan fingerprint density at radius 1 is 0.946 bits per heavy atom. The van der Waals surface area contributed by atoms with Crippen LogP contribution in [-0.2, 0) is 29.1 Å². The zero-order valence-corrected chi connectivity index (χ0v) is 22.1. The quantitative estimate of drug-likeness (QED) is 0.250. The largest absolute Gasteiger partial charge is 0.342 e. The van der Waals surface area contributed by atoms with Gasteiger partial charge in [0.25, 0.3) is 0 Å². The molecule has 0 unspecified atom stereocenters. The summed E-state index contributed by atoms with van der Waals surface area (Å²) >= 11 is 2.04. The fourth-order valence-electron chi connectivity index (χ4n) is 3.82. The normalized spacial score (nSPS) is 13.4. The van der Waals surface area contributed by atoms with Gasteiger partial charge in [-0.15, -0.1) is 0 Å². The van der Waals surface area contributed by atoms with Gasteiger partial charge in [0.1, 0.15) is 12.6 Å². The predicted molar refractivity (Wildman–Crippen MR) is 154 cm³/mol. The molecule has 2 N–H and O–H groups in total. The first kappa shape index (κ1) is 29.9. The minimum Gasteiger partial charge on any atom is -0.342 e. The first-order chi connectivity index (χ1) is 18.2. The fourth-order valence-corrected chi connectivity index (χ4v) is 4.80. The van der Waals surface area contributed by atoms with Gasteiger partial charge in [-0.05, 0) is 53.1 Å². The van der Waals surface area contributed by atoms with Crippen LogP contribution in [0.15, 0.2) is 82.9 Å². The van der Waals surface area contributed by atoms with E-state index in [1.807, 2.05) is 18.6 Å². The summed E-state index contributed by atoms with van der Waals surface area (Å²) in [6.45, 7) is 9.19. The molecule has 0 bridgehead atoms. The summed E-state index contributed by atoms with van der Waals surface area (Å²) in [5.74, 6) is 2.63. The number of aliphatic imine (C=N–C) groups is 1.